The quantitative estimate of drug-likeness (QED) is 0.241. The molecule has 6 rings (SSSR count). The SMILES string of the molecule is Cc1ccc(-c2c3c4n(c(-c5ccc(F)cc5)cn4c2C(=O)Nc2ccc(Cl)c(Cl)c2)CCCC3)cc1C. The van der Waals surface area contributed by atoms with Crippen LogP contribution < -0.4 is 5.32 Å². The zero-order valence-corrected chi connectivity index (χ0v) is 22.6. The molecule has 0 aliphatic carbocycles. The molecule has 0 fully saturated rings. The zero-order chi connectivity index (χ0) is 26.6. The fourth-order valence-electron chi connectivity index (χ4n) is 5.43. The van der Waals surface area contributed by atoms with Crippen LogP contribution in [0.15, 0.2) is 66.9 Å². The lowest BCUT2D eigenvalue weighted by Crippen LogP contribution is -2.15. The molecule has 0 radical (unpaired) electrons. The van der Waals surface area contributed by atoms with Crippen LogP contribution in [0.3, 0.4) is 0 Å². The fourth-order valence-corrected chi connectivity index (χ4v) is 5.73. The molecule has 38 heavy (non-hydrogen) atoms. The first-order valence-corrected chi connectivity index (χ1v) is 13.4. The molecule has 2 aromatic heterocycles. The number of anilines is 1. The maximum absolute atomic E-state index is 14.0. The van der Waals surface area contributed by atoms with Gasteiger partial charge < -0.3 is 9.88 Å². The number of halogens is 3. The van der Waals surface area contributed by atoms with Crippen molar-refractivity contribution in [3.8, 4) is 22.4 Å². The second-order valence-corrected chi connectivity index (χ2v) is 10.7. The Morgan fingerprint density at radius 2 is 1.66 bits per heavy atom. The van der Waals surface area contributed by atoms with Crippen LogP contribution in [0.5, 0.6) is 0 Å². The molecule has 0 saturated carbocycles. The molecule has 3 aromatic carbocycles. The van der Waals surface area contributed by atoms with Gasteiger partial charge >= 0.3 is 0 Å². The highest BCUT2D eigenvalue weighted by Crippen LogP contribution is 2.40. The average molecular weight is 546 g/mol. The number of nitrogens with one attached hydrogen (secondary N) is 1. The molecule has 4 nitrogen and oxygen atoms in total. The summed E-state index contributed by atoms with van der Waals surface area (Å²) in [5.41, 5.74) is 9.49. The van der Waals surface area contributed by atoms with E-state index in [0.717, 1.165) is 59.4 Å². The Labute approximate surface area is 230 Å². The van der Waals surface area contributed by atoms with E-state index >= 15 is 0 Å². The third-order valence-corrected chi connectivity index (χ3v) is 8.20. The van der Waals surface area contributed by atoms with Gasteiger partial charge in [-0.3, -0.25) is 9.20 Å². The number of hydrogen-bond acceptors (Lipinski definition) is 1. The minimum Gasteiger partial charge on any atom is -0.325 e. The van der Waals surface area contributed by atoms with E-state index in [2.05, 4.69) is 41.9 Å². The van der Waals surface area contributed by atoms with Gasteiger partial charge in [-0.1, -0.05) is 41.4 Å². The summed E-state index contributed by atoms with van der Waals surface area (Å²) in [7, 11) is 0. The Kier molecular flexibility index (Phi) is 6.29. The summed E-state index contributed by atoms with van der Waals surface area (Å²) in [4.78, 5) is 14.0. The summed E-state index contributed by atoms with van der Waals surface area (Å²) in [6, 6.07) is 18.0. The van der Waals surface area contributed by atoms with Crippen molar-refractivity contribution in [2.45, 2.75) is 39.7 Å². The number of nitrogens with zero attached hydrogens (tertiary/aromatic N) is 2. The van der Waals surface area contributed by atoms with Crippen LogP contribution in [-0.2, 0) is 13.0 Å². The van der Waals surface area contributed by atoms with Crippen molar-refractivity contribution in [3.05, 3.63) is 105 Å². The molecule has 0 atom stereocenters. The number of carbonyl (C=O) groups is 1. The molecular weight excluding hydrogens is 520 g/mol. The van der Waals surface area contributed by atoms with E-state index in [-0.39, 0.29) is 11.7 Å². The first-order chi connectivity index (χ1) is 18.3. The van der Waals surface area contributed by atoms with Crippen molar-refractivity contribution in [2.75, 3.05) is 5.32 Å². The predicted molar refractivity (Wildman–Crippen MR) is 153 cm³/mol. The van der Waals surface area contributed by atoms with Crippen LogP contribution in [0.25, 0.3) is 28.0 Å². The Balaban J connectivity index is 1.61. The fraction of sp³-hybridized carbons (Fsp3) is 0.194. The lowest BCUT2D eigenvalue weighted by atomic mass is 9.95. The van der Waals surface area contributed by atoms with Gasteiger partial charge in [-0.2, -0.15) is 0 Å². The normalized spacial score (nSPS) is 13.1. The molecule has 7 heteroatoms. The van der Waals surface area contributed by atoms with E-state index in [0.29, 0.717) is 21.4 Å². The number of benzene rings is 3. The summed E-state index contributed by atoms with van der Waals surface area (Å²) in [5.74, 6) is -0.511. The van der Waals surface area contributed by atoms with Gasteiger partial charge in [0.25, 0.3) is 5.91 Å². The molecule has 0 spiro atoms. The topological polar surface area (TPSA) is 38.4 Å². The number of amides is 1. The molecule has 1 N–H and O–H groups in total. The van der Waals surface area contributed by atoms with Gasteiger partial charge in [0.05, 0.1) is 15.7 Å². The van der Waals surface area contributed by atoms with Gasteiger partial charge in [0.2, 0.25) is 0 Å². The summed E-state index contributed by atoms with van der Waals surface area (Å²) >= 11 is 12.3. The van der Waals surface area contributed by atoms with Gasteiger partial charge in [-0.25, -0.2) is 4.39 Å². The van der Waals surface area contributed by atoms with Gasteiger partial charge in [0.15, 0.2) is 0 Å². The second-order valence-electron chi connectivity index (χ2n) is 9.91. The first kappa shape index (κ1) is 24.8. The van der Waals surface area contributed by atoms with Crippen LogP contribution in [0.1, 0.15) is 40.0 Å². The minimum atomic E-state index is -0.276. The van der Waals surface area contributed by atoms with Gasteiger partial charge in [-0.15, -0.1) is 0 Å². The highest BCUT2D eigenvalue weighted by Gasteiger charge is 2.30. The number of aromatic nitrogens is 2. The summed E-state index contributed by atoms with van der Waals surface area (Å²) in [6.07, 6.45) is 4.89. The largest absolute Gasteiger partial charge is 0.325 e. The van der Waals surface area contributed by atoms with Crippen LogP contribution in [0, 0.1) is 19.7 Å². The van der Waals surface area contributed by atoms with Gasteiger partial charge in [-0.05, 0) is 97.8 Å². The van der Waals surface area contributed by atoms with Crippen LogP contribution in [-0.4, -0.2) is 14.9 Å². The average Bonchev–Trinajstić information content (AvgIpc) is 3.31. The minimum absolute atomic E-state index is 0.235. The molecule has 192 valence electrons. The molecule has 1 aliphatic rings. The van der Waals surface area contributed by atoms with Crippen LogP contribution >= 0.6 is 23.2 Å². The second kappa shape index (κ2) is 9.64. The molecule has 0 bridgehead atoms. The zero-order valence-electron chi connectivity index (χ0n) is 21.1. The summed E-state index contributed by atoms with van der Waals surface area (Å²) < 4.78 is 18.0. The van der Waals surface area contributed by atoms with Gasteiger partial charge in [0.1, 0.15) is 17.2 Å². The Morgan fingerprint density at radius 3 is 2.39 bits per heavy atom. The maximum Gasteiger partial charge on any atom is 0.273 e. The van der Waals surface area contributed by atoms with Crippen molar-refractivity contribution < 1.29 is 9.18 Å². The molecule has 3 heterocycles. The van der Waals surface area contributed by atoms with Crippen molar-refractivity contribution >= 4 is 40.4 Å². The van der Waals surface area contributed by atoms with Crippen molar-refractivity contribution in [3.63, 3.8) is 0 Å². The Morgan fingerprint density at radius 1 is 0.895 bits per heavy atom. The number of hydrogen-bond donors (Lipinski definition) is 1. The molecule has 0 unspecified atom stereocenters. The van der Waals surface area contributed by atoms with E-state index in [9.17, 15) is 9.18 Å². The van der Waals surface area contributed by atoms with Gasteiger partial charge in [0, 0.05) is 29.6 Å². The van der Waals surface area contributed by atoms with Crippen molar-refractivity contribution in [1.82, 2.24) is 8.97 Å². The highest BCUT2D eigenvalue weighted by molar-refractivity contribution is 6.42. The summed E-state index contributed by atoms with van der Waals surface area (Å²) in [5, 5.41) is 3.84. The molecule has 0 saturated heterocycles. The number of rotatable bonds is 4. The number of imidazole rings is 1. The third-order valence-electron chi connectivity index (χ3n) is 7.46. The van der Waals surface area contributed by atoms with E-state index in [1.807, 2.05) is 10.6 Å². The predicted octanol–water partition coefficient (Wildman–Crippen LogP) is 8.73. The molecule has 1 amide bonds. The maximum atomic E-state index is 14.0. The standard InChI is InChI=1S/C31H26Cl2FN3O/c1-18-6-7-21(15-19(18)2)28-24-5-3-4-14-36-27(20-8-10-22(34)11-9-20)17-37(31(24)36)29(28)30(38)35-23-12-13-25(32)26(33)16-23/h6-13,15-17H,3-5,14H2,1-2H3,(H,35,38). The van der Waals surface area contributed by atoms with E-state index in [1.54, 1.807) is 30.3 Å². The lowest BCUT2D eigenvalue weighted by molar-refractivity contribution is 0.102. The van der Waals surface area contributed by atoms with E-state index in [1.165, 1.54) is 23.3 Å². The van der Waals surface area contributed by atoms with Crippen LogP contribution in [0.4, 0.5) is 10.1 Å². The monoisotopic (exact) mass is 545 g/mol. The molecule has 5 aromatic rings. The van der Waals surface area contributed by atoms with E-state index < -0.39 is 0 Å². The number of aryl methyl sites for hydroxylation is 4. The van der Waals surface area contributed by atoms with Crippen molar-refractivity contribution in [1.29, 1.82) is 0 Å². The highest BCUT2D eigenvalue weighted by atomic mass is 35.5. The Hall–Kier alpha value is -3.54. The molecular formula is C31H26Cl2FN3O. The third kappa shape index (κ3) is 4.20. The lowest BCUT2D eigenvalue weighted by Gasteiger charge is -2.12. The van der Waals surface area contributed by atoms with Crippen LogP contribution in [0.2, 0.25) is 10.0 Å². The molecule has 1 aliphatic heterocycles. The smallest absolute Gasteiger partial charge is 0.273 e. The summed E-state index contributed by atoms with van der Waals surface area (Å²) in [6.45, 7) is 5.00. The first-order valence-electron chi connectivity index (χ1n) is 12.7. The Bertz CT molecular complexity index is 1720. The van der Waals surface area contributed by atoms with Crippen molar-refractivity contribution in [2.24, 2.45) is 0 Å². The number of carbonyl (C=O) groups excluding carboxylic acids is 1. The van der Waals surface area contributed by atoms with E-state index in [4.69, 9.17) is 23.2 Å².